The van der Waals surface area contributed by atoms with Gasteiger partial charge in [-0.2, -0.15) is 11.8 Å². The Morgan fingerprint density at radius 1 is 1.45 bits per heavy atom. The highest BCUT2D eigenvalue weighted by Gasteiger charge is 2.40. The molecular formula is C15H21FN2OS. The summed E-state index contributed by atoms with van der Waals surface area (Å²) >= 11 is 1.70. The van der Waals surface area contributed by atoms with Gasteiger partial charge in [-0.15, -0.1) is 0 Å². The van der Waals surface area contributed by atoms with E-state index in [-0.39, 0.29) is 29.8 Å². The maximum atomic E-state index is 13.4. The summed E-state index contributed by atoms with van der Waals surface area (Å²) < 4.78 is 13.4. The highest BCUT2D eigenvalue weighted by atomic mass is 32.2. The van der Waals surface area contributed by atoms with Gasteiger partial charge in [0.15, 0.2) is 0 Å². The molecule has 20 heavy (non-hydrogen) atoms. The van der Waals surface area contributed by atoms with Crippen molar-refractivity contribution < 1.29 is 9.18 Å². The minimum atomic E-state index is -0.269. The zero-order valence-corrected chi connectivity index (χ0v) is 12.9. The Morgan fingerprint density at radius 2 is 2.20 bits per heavy atom. The van der Waals surface area contributed by atoms with Crippen LogP contribution in [-0.4, -0.2) is 35.4 Å². The average molecular weight is 296 g/mol. The van der Waals surface area contributed by atoms with Crippen LogP contribution in [0.3, 0.4) is 0 Å². The fraction of sp³-hybridized carbons (Fsp3) is 0.533. The number of hydrogen-bond acceptors (Lipinski definition) is 3. The van der Waals surface area contributed by atoms with E-state index in [9.17, 15) is 9.18 Å². The highest BCUT2D eigenvalue weighted by molar-refractivity contribution is 7.98. The zero-order valence-electron chi connectivity index (χ0n) is 12.1. The first-order chi connectivity index (χ1) is 9.54. The number of carbonyl (C=O) groups excluding carboxylic acids is 1. The number of nitrogens with zero attached hydrogens (tertiary/aromatic N) is 1. The molecule has 1 aliphatic heterocycles. The molecule has 1 aromatic carbocycles. The van der Waals surface area contributed by atoms with E-state index in [2.05, 4.69) is 5.32 Å². The number of halogens is 1. The van der Waals surface area contributed by atoms with Crippen LogP contribution in [-0.2, 0) is 4.79 Å². The summed E-state index contributed by atoms with van der Waals surface area (Å²) in [6.45, 7) is 4.73. The molecule has 1 heterocycles. The molecule has 2 atom stereocenters. The van der Waals surface area contributed by atoms with E-state index < -0.39 is 0 Å². The summed E-state index contributed by atoms with van der Waals surface area (Å²) in [5.41, 5.74) is 0.808. The van der Waals surface area contributed by atoms with Crippen molar-refractivity contribution in [2.45, 2.75) is 26.1 Å². The van der Waals surface area contributed by atoms with Crippen LogP contribution >= 0.6 is 11.8 Å². The van der Waals surface area contributed by atoms with Crippen molar-refractivity contribution in [1.29, 1.82) is 0 Å². The standard InChI is InChI=1S/C15H21FN2OS/c1-10(2)13-15(19)18(7-8-20-3)14(17-13)11-5-4-6-12(16)9-11/h4-6,9-10,13-14,17H,7-8H2,1-3H3. The Kier molecular flexibility index (Phi) is 5.05. The Labute approximate surface area is 123 Å². The largest absolute Gasteiger partial charge is 0.321 e. The van der Waals surface area contributed by atoms with Crippen molar-refractivity contribution in [1.82, 2.24) is 10.2 Å². The fourth-order valence-corrected chi connectivity index (χ4v) is 2.88. The van der Waals surface area contributed by atoms with E-state index in [4.69, 9.17) is 0 Å². The van der Waals surface area contributed by atoms with Crippen molar-refractivity contribution in [3.8, 4) is 0 Å². The molecule has 0 bridgehead atoms. The first-order valence-electron chi connectivity index (χ1n) is 6.85. The summed E-state index contributed by atoms with van der Waals surface area (Å²) in [5, 5.41) is 3.34. The van der Waals surface area contributed by atoms with E-state index in [0.717, 1.165) is 11.3 Å². The topological polar surface area (TPSA) is 32.3 Å². The third-order valence-electron chi connectivity index (χ3n) is 3.57. The third-order valence-corrected chi connectivity index (χ3v) is 4.16. The third kappa shape index (κ3) is 3.15. The number of amides is 1. The van der Waals surface area contributed by atoms with Gasteiger partial charge in [-0.1, -0.05) is 26.0 Å². The lowest BCUT2D eigenvalue weighted by atomic mass is 10.1. The molecule has 0 saturated carbocycles. The summed E-state index contributed by atoms with van der Waals surface area (Å²) in [7, 11) is 0. The fourth-order valence-electron chi connectivity index (χ4n) is 2.50. The Balaban J connectivity index is 2.26. The lowest BCUT2D eigenvalue weighted by Crippen LogP contribution is -2.35. The summed E-state index contributed by atoms with van der Waals surface area (Å²) in [6.07, 6.45) is 1.79. The number of nitrogens with one attached hydrogen (secondary N) is 1. The molecule has 1 amide bonds. The van der Waals surface area contributed by atoms with Gasteiger partial charge in [0, 0.05) is 12.3 Å². The first-order valence-corrected chi connectivity index (χ1v) is 8.25. The normalized spacial score (nSPS) is 22.9. The summed E-state index contributed by atoms with van der Waals surface area (Å²) in [5.74, 6) is 0.944. The van der Waals surface area contributed by atoms with Crippen LogP contribution in [0.5, 0.6) is 0 Å². The minimum absolute atomic E-state index is 0.114. The Morgan fingerprint density at radius 3 is 2.80 bits per heavy atom. The molecule has 0 radical (unpaired) electrons. The van der Waals surface area contributed by atoms with Crippen LogP contribution in [0.15, 0.2) is 24.3 Å². The molecule has 110 valence electrons. The molecule has 1 aromatic rings. The molecule has 1 saturated heterocycles. The monoisotopic (exact) mass is 296 g/mol. The Hall–Kier alpha value is -1.07. The second-order valence-electron chi connectivity index (χ2n) is 5.37. The number of thioether (sulfide) groups is 1. The maximum absolute atomic E-state index is 13.4. The van der Waals surface area contributed by atoms with E-state index in [1.807, 2.05) is 31.1 Å². The Bertz CT molecular complexity index is 481. The minimum Gasteiger partial charge on any atom is -0.321 e. The van der Waals surface area contributed by atoms with E-state index in [0.29, 0.717) is 6.54 Å². The van der Waals surface area contributed by atoms with Gasteiger partial charge in [-0.05, 0) is 29.9 Å². The van der Waals surface area contributed by atoms with Crippen LogP contribution in [0.4, 0.5) is 4.39 Å². The van der Waals surface area contributed by atoms with Gasteiger partial charge < -0.3 is 4.90 Å². The molecule has 5 heteroatoms. The molecule has 1 aliphatic rings. The van der Waals surface area contributed by atoms with Crippen LogP contribution < -0.4 is 5.32 Å². The maximum Gasteiger partial charge on any atom is 0.241 e. The average Bonchev–Trinajstić information content (AvgIpc) is 2.74. The molecule has 0 spiro atoms. The highest BCUT2D eigenvalue weighted by Crippen LogP contribution is 2.28. The molecule has 0 aliphatic carbocycles. The van der Waals surface area contributed by atoms with Crippen LogP contribution in [0.25, 0.3) is 0 Å². The van der Waals surface area contributed by atoms with E-state index in [1.54, 1.807) is 17.8 Å². The van der Waals surface area contributed by atoms with Crippen molar-refractivity contribution >= 4 is 17.7 Å². The molecule has 1 fully saturated rings. The molecule has 2 rings (SSSR count). The van der Waals surface area contributed by atoms with Crippen LogP contribution in [0, 0.1) is 11.7 Å². The van der Waals surface area contributed by atoms with Crippen molar-refractivity contribution in [2.24, 2.45) is 5.92 Å². The number of hydrogen-bond donors (Lipinski definition) is 1. The molecule has 1 N–H and O–H groups in total. The lowest BCUT2D eigenvalue weighted by molar-refractivity contribution is -0.130. The van der Waals surface area contributed by atoms with Gasteiger partial charge in [-0.3, -0.25) is 10.1 Å². The van der Waals surface area contributed by atoms with Gasteiger partial charge >= 0.3 is 0 Å². The first kappa shape index (κ1) is 15.3. The van der Waals surface area contributed by atoms with Crippen molar-refractivity contribution in [2.75, 3.05) is 18.6 Å². The zero-order chi connectivity index (χ0) is 14.7. The molecule has 2 unspecified atom stereocenters. The quantitative estimate of drug-likeness (QED) is 0.906. The van der Waals surface area contributed by atoms with Crippen molar-refractivity contribution in [3.05, 3.63) is 35.6 Å². The summed E-state index contributed by atoms with van der Waals surface area (Å²) in [4.78, 5) is 14.3. The SMILES string of the molecule is CSCCN1C(=O)C(C(C)C)NC1c1cccc(F)c1. The van der Waals surface area contributed by atoms with Gasteiger partial charge in [0.1, 0.15) is 12.0 Å². The second-order valence-corrected chi connectivity index (χ2v) is 6.36. The number of rotatable bonds is 5. The van der Waals surface area contributed by atoms with Crippen molar-refractivity contribution in [3.63, 3.8) is 0 Å². The van der Waals surface area contributed by atoms with Gasteiger partial charge in [0.2, 0.25) is 5.91 Å². The lowest BCUT2D eigenvalue weighted by Gasteiger charge is -2.24. The summed E-state index contributed by atoms with van der Waals surface area (Å²) in [6, 6.07) is 6.28. The van der Waals surface area contributed by atoms with Gasteiger partial charge in [0.05, 0.1) is 6.04 Å². The van der Waals surface area contributed by atoms with Gasteiger partial charge in [-0.25, -0.2) is 4.39 Å². The predicted octanol–water partition coefficient (Wildman–Crippen LogP) is 2.64. The molecule has 0 aromatic heterocycles. The molecular weight excluding hydrogens is 275 g/mol. The number of benzene rings is 1. The smallest absolute Gasteiger partial charge is 0.241 e. The predicted molar refractivity (Wildman–Crippen MR) is 81.0 cm³/mol. The second kappa shape index (κ2) is 6.59. The van der Waals surface area contributed by atoms with Crippen LogP contribution in [0.2, 0.25) is 0 Å². The van der Waals surface area contributed by atoms with E-state index in [1.165, 1.54) is 12.1 Å². The van der Waals surface area contributed by atoms with E-state index >= 15 is 0 Å². The van der Waals surface area contributed by atoms with Crippen LogP contribution in [0.1, 0.15) is 25.6 Å². The number of carbonyl (C=O) groups is 1. The van der Waals surface area contributed by atoms with Gasteiger partial charge in [0.25, 0.3) is 0 Å². The molecule has 3 nitrogen and oxygen atoms in total.